The number of nitrogens with two attached hydrogens (primary N) is 1. The van der Waals surface area contributed by atoms with Gasteiger partial charge >= 0.3 is 5.97 Å². The Morgan fingerprint density at radius 3 is 2.54 bits per heavy atom. The maximum Gasteiger partial charge on any atom is 0.339 e. The van der Waals surface area contributed by atoms with Crippen molar-refractivity contribution < 1.29 is 18.7 Å². The molecule has 1 aromatic rings. The summed E-state index contributed by atoms with van der Waals surface area (Å²) in [7, 11) is 0. The first kappa shape index (κ1) is 9.91. The molecule has 0 radical (unpaired) electrons. The van der Waals surface area contributed by atoms with Crippen molar-refractivity contribution in [3.8, 4) is 0 Å². The highest BCUT2D eigenvalue weighted by atomic mass is 79.9. The Balaban J connectivity index is 3.53. The molecule has 0 saturated heterocycles. The van der Waals surface area contributed by atoms with Gasteiger partial charge in [0.1, 0.15) is 17.1 Å². The third-order valence-corrected chi connectivity index (χ3v) is 2.04. The first-order valence-corrected chi connectivity index (χ1v) is 3.90. The van der Waals surface area contributed by atoms with Crippen LogP contribution in [0, 0.1) is 11.6 Å². The van der Waals surface area contributed by atoms with Crippen molar-refractivity contribution in [1.29, 1.82) is 0 Å². The van der Waals surface area contributed by atoms with E-state index in [1.165, 1.54) is 0 Å². The first-order chi connectivity index (χ1) is 5.95. The van der Waals surface area contributed by atoms with Gasteiger partial charge in [-0.2, -0.15) is 0 Å². The highest BCUT2D eigenvalue weighted by Crippen LogP contribution is 2.26. The van der Waals surface area contributed by atoms with Crippen molar-refractivity contribution in [1.82, 2.24) is 0 Å². The van der Waals surface area contributed by atoms with Crippen LogP contribution in [-0.4, -0.2) is 11.1 Å². The Kier molecular flexibility index (Phi) is 2.51. The predicted octanol–water partition coefficient (Wildman–Crippen LogP) is 2.01. The van der Waals surface area contributed by atoms with E-state index in [1.54, 1.807) is 0 Å². The molecule has 70 valence electrons. The second-order valence-corrected chi connectivity index (χ2v) is 3.10. The van der Waals surface area contributed by atoms with Crippen LogP contribution in [0.25, 0.3) is 0 Å². The summed E-state index contributed by atoms with van der Waals surface area (Å²) in [5, 5.41) is 8.51. The molecule has 6 heteroatoms. The lowest BCUT2D eigenvalue weighted by Gasteiger charge is -2.04. The Hall–Kier alpha value is -1.17. The summed E-state index contributed by atoms with van der Waals surface area (Å²) in [4.78, 5) is 10.5. The van der Waals surface area contributed by atoms with Crippen LogP contribution in [0.5, 0.6) is 0 Å². The Labute approximate surface area is 80.3 Å². The molecule has 3 nitrogen and oxygen atoms in total. The van der Waals surface area contributed by atoms with Crippen molar-refractivity contribution in [3.63, 3.8) is 0 Å². The van der Waals surface area contributed by atoms with Gasteiger partial charge < -0.3 is 10.8 Å². The van der Waals surface area contributed by atoms with E-state index in [2.05, 4.69) is 15.9 Å². The maximum absolute atomic E-state index is 13.0. The minimum atomic E-state index is -1.50. The van der Waals surface area contributed by atoms with Crippen molar-refractivity contribution in [2.75, 3.05) is 5.73 Å². The van der Waals surface area contributed by atoms with Gasteiger partial charge in [0.15, 0.2) is 5.82 Å². The molecular formula is C7H4BrF2NO2. The first-order valence-electron chi connectivity index (χ1n) is 3.11. The molecule has 0 fully saturated rings. The average Bonchev–Trinajstić information content (AvgIpc) is 1.99. The normalized spacial score (nSPS) is 10.1. The van der Waals surface area contributed by atoms with E-state index in [4.69, 9.17) is 10.8 Å². The second-order valence-electron chi connectivity index (χ2n) is 2.25. The molecule has 0 aliphatic rings. The summed E-state index contributed by atoms with van der Waals surface area (Å²) >= 11 is 2.72. The molecule has 1 aromatic carbocycles. The average molecular weight is 252 g/mol. The highest BCUT2D eigenvalue weighted by Gasteiger charge is 2.20. The van der Waals surface area contributed by atoms with E-state index in [-0.39, 0.29) is 4.47 Å². The lowest BCUT2D eigenvalue weighted by atomic mass is 10.2. The molecule has 3 N–H and O–H groups in total. The van der Waals surface area contributed by atoms with Gasteiger partial charge in [-0.15, -0.1) is 0 Å². The van der Waals surface area contributed by atoms with Gasteiger partial charge in [0.25, 0.3) is 0 Å². The van der Waals surface area contributed by atoms with Crippen LogP contribution in [0.2, 0.25) is 0 Å². The van der Waals surface area contributed by atoms with Crippen molar-refractivity contribution in [3.05, 3.63) is 27.7 Å². The van der Waals surface area contributed by atoms with Gasteiger partial charge in [-0.3, -0.25) is 0 Å². The number of aromatic carboxylic acids is 1. The monoisotopic (exact) mass is 251 g/mol. The second kappa shape index (κ2) is 3.29. The van der Waals surface area contributed by atoms with E-state index in [1.807, 2.05) is 0 Å². The summed E-state index contributed by atoms with van der Waals surface area (Å²) in [6.07, 6.45) is 0. The molecule has 0 bridgehead atoms. The summed E-state index contributed by atoms with van der Waals surface area (Å²) in [6, 6.07) is 0.807. The molecule has 0 amide bonds. The standard InChI is InChI=1S/C7H4BrF2NO2/c8-2-1-3(9)6(11)5(10)4(2)7(12)13/h1H,11H2,(H,12,13). The number of hydrogen-bond donors (Lipinski definition) is 2. The van der Waals surface area contributed by atoms with Crippen molar-refractivity contribution in [2.45, 2.75) is 0 Å². The van der Waals surface area contributed by atoms with Crippen LogP contribution >= 0.6 is 15.9 Å². The maximum atomic E-state index is 13.0. The van der Waals surface area contributed by atoms with Crippen LogP contribution in [0.3, 0.4) is 0 Å². The number of nitrogen functional groups attached to an aromatic ring is 1. The fourth-order valence-corrected chi connectivity index (χ4v) is 1.35. The highest BCUT2D eigenvalue weighted by molar-refractivity contribution is 9.10. The van der Waals surface area contributed by atoms with Gasteiger partial charge in [0.2, 0.25) is 0 Å². The molecule has 0 aromatic heterocycles. The van der Waals surface area contributed by atoms with E-state index in [9.17, 15) is 13.6 Å². The van der Waals surface area contributed by atoms with Gasteiger partial charge in [0, 0.05) is 4.47 Å². The van der Waals surface area contributed by atoms with Crippen LogP contribution < -0.4 is 5.73 Å². The third-order valence-electron chi connectivity index (χ3n) is 1.42. The number of halogens is 3. The Bertz CT molecular complexity index is 381. The zero-order valence-corrected chi connectivity index (χ0v) is 7.73. The van der Waals surface area contributed by atoms with E-state index < -0.39 is 28.9 Å². The Morgan fingerprint density at radius 1 is 1.54 bits per heavy atom. The van der Waals surface area contributed by atoms with Crippen LogP contribution in [0.15, 0.2) is 10.5 Å². The largest absolute Gasteiger partial charge is 0.478 e. The SMILES string of the molecule is Nc1c(F)cc(Br)c(C(=O)O)c1F. The summed E-state index contributed by atoms with van der Waals surface area (Å²) in [5.74, 6) is -3.76. The van der Waals surface area contributed by atoms with Crippen molar-refractivity contribution in [2.24, 2.45) is 0 Å². The molecule has 0 unspecified atom stereocenters. The zero-order chi connectivity index (χ0) is 10.2. The number of anilines is 1. The third kappa shape index (κ3) is 1.62. The quantitative estimate of drug-likeness (QED) is 0.751. The number of rotatable bonds is 1. The fourth-order valence-electron chi connectivity index (χ4n) is 0.802. The number of carboxylic acid groups (broad SMARTS) is 1. The van der Waals surface area contributed by atoms with E-state index in [0.29, 0.717) is 0 Å². The van der Waals surface area contributed by atoms with Gasteiger partial charge in [-0.1, -0.05) is 0 Å². The molecule has 0 heterocycles. The lowest BCUT2D eigenvalue weighted by Crippen LogP contribution is -2.07. The number of carbonyl (C=O) groups is 1. The number of benzene rings is 1. The molecule has 0 atom stereocenters. The summed E-state index contributed by atoms with van der Waals surface area (Å²) in [5.41, 5.74) is 3.50. The van der Waals surface area contributed by atoms with E-state index in [0.717, 1.165) is 6.07 Å². The van der Waals surface area contributed by atoms with Crippen LogP contribution in [0.4, 0.5) is 14.5 Å². The summed E-state index contributed by atoms with van der Waals surface area (Å²) in [6.45, 7) is 0. The molecule has 0 saturated carbocycles. The zero-order valence-electron chi connectivity index (χ0n) is 6.14. The molecule has 0 aliphatic carbocycles. The lowest BCUT2D eigenvalue weighted by molar-refractivity contribution is 0.0691. The predicted molar refractivity (Wildman–Crippen MR) is 45.4 cm³/mol. The summed E-state index contributed by atoms with van der Waals surface area (Å²) < 4.78 is 25.5. The van der Waals surface area contributed by atoms with Gasteiger partial charge in [-0.25, -0.2) is 13.6 Å². The minimum absolute atomic E-state index is 0.177. The van der Waals surface area contributed by atoms with Crippen LogP contribution in [0.1, 0.15) is 10.4 Å². The van der Waals surface area contributed by atoms with Gasteiger partial charge in [-0.05, 0) is 22.0 Å². The molecule has 0 aliphatic heterocycles. The minimum Gasteiger partial charge on any atom is -0.478 e. The topological polar surface area (TPSA) is 63.3 Å². The number of hydrogen-bond acceptors (Lipinski definition) is 2. The smallest absolute Gasteiger partial charge is 0.339 e. The molecule has 0 spiro atoms. The molecule has 13 heavy (non-hydrogen) atoms. The molecule has 1 rings (SSSR count). The Morgan fingerprint density at radius 2 is 2.08 bits per heavy atom. The van der Waals surface area contributed by atoms with Crippen molar-refractivity contribution >= 4 is 27.6 Å². The van der Waals surface area contributed by atoms with E-state index >= 15 is 0 Å². The van der Waals surface area contributed by atoms with Gasteiger partial charge in [0.05, 0.1) is 0 Å². The number of carboxylic acids is 1. The fraction of sp³-hybridized carbons (Fsp3) is 0. The van der Waals surface area contributed by atoms with Crippen LogP contribution in [-0.2, 0) is 0 Å². The molecular weight excluding hydrogens is 248 g/mol.